The minimum absolute atomic E-state index is 0.640. The van der Waals surface area contributed by atoms with Crippen LogP contribution < -0.4 is 0 Å². The highest BCUT2D eigenvalue weighted by Crippen LogP contribution is 2.55. The summed E-state index contributed by atoms with van der Waals surface area (Å²) in [5.41, 5.74) is 0.640. The Morgan fingerprint density at radius 1 is 0.900 bits per heavy atom. The molecule has 10 heavy (non-hydrogen) atoms. The van der Waals surface area contributed by atoms with E-state index in [-0.39, 0.29) is 0 Å². The lowest BCUT2D eigenvalue weighted by Crippen LogP contribution is -1.97. The van der Waals surface area contributed by atoms with Gasteiger partial charge in [0.05, 0.1) is 6.63 Å². The van der Waals surface area contributed by atoms with Gasteiger partial charge in [-0.2, -0.15) is 0 Å². The first kappa shape index (κ1) is 9.10. The van der Waals surface area contributed by atoms with Crippen molar-refractivity contribution >= 4 is 29.1 Å². The third-order valence-corrected chi connectivity index (χ3v) is 4.83. The maximum absolute atomic E-state index is 5.86. The molecule has 1 rings (SSSR count). The lowest BCUT2D eigenvalue weighted by Gasteiger charge is -2.12. The Hall–Kier alpha value is 1.01. The lowest BCUT2D eigenvalue weighted by molar-refractivity contribution is 0.702. The molecule has 0 radical (unpaired) electrons. The Morgan fingerprint density at radius 3 is 1.80 bits per heavy atom. The average molecular weight is 199 g/mol. The van der Waals surface area contributed by atoms with E-state index in [2.05, 4.69) is 0 Å². The van der Waals surface area contributed by atoms with Gasteiger partial charge in [-0.25, -0.2) is 0 Å². The van der Waals surface area contributed by atoms with Gasteiger partial charge in [0.1, 0.15) is 0 Å². The van der Waals surface area contributed by atoms with Gasteiger partial charge < -0.3 is 0 Å². The summed E-state index contributed by atoms with van der Waals surface area (Å²) in [6, 6.07) is 0. The van der Waals surface area contributed by atoms with Gasteiger partial charge >= 0.3 is 0 Å². The van der Waals surface area contributed by atoms with E-state index >= 15 is 0 Å². The van der Waals surface area contributed by atoms with Crippen LogP contribution in [0.5, 0.6) is 0 Å². The van der Waals surface area contributed by atoms with Gasteiger partial charge in [0.15, 0.2) is 0 Å². The number of rotatable bonds is 1. The SMILES string of the molecule is ClP(Cl)C1CCCCCC1. The van der Waals surface area contributed by atoms with Crippen LogP contribution in [0.3, 0.4) is 0 Å². The second-order valence-corrected chi connectivity index (χ2v) is 6.86. The Labute approximate surface area is 73.6 Å². The quantitative estimate of drug-likeness (QED) is 0.430. The van der Waals surface area contributed by atoms with Crippen molar-refractivity contribution < 1.29 is 0 Å². The van der Waals surface area contributed by atoms with Crippen molar-refractivity contribution in [3.05, 3.63) is 0 Å². The van der Waals surface area contributed by atoms with Crippen molar-refractivity contribution in [3.8, 4) is 0 Å². The molecule has 0 aromatic heterocycles. The van der Waals surface area contributed by atoms with Crippen LogP contribution in [0.2, 0.25) is 0 Å². The van der Waals surface area contributed by atoms with E-state index in [4.69, 9.17) is 22.5 Å². The van der Waals surface area contributed by atoms with E-state index in [9.17, 15) is 0 Å². The van der Waals surface area contributed by atoms with Crippen LogP contribution in [-0.2, 0) is 0 Å². The molecule has 0 heterocycles. The fourth-order valence-electron chi connectivity index (χ4n) is 1.45. The summed E-state index contributed by atoms with van der Waals surface area (Å²) in [5.74, 6) is 0. The van der Waals surface area contributed by atoms with Crippen LogP contribution in [0, 0.1) is 0 Å². The molecule has 0 bridgehead atoms. The van der Waals surface area contributed by atoms with E-state index in [0.29, 0.717) is 5.66 Å². The van der Waals surface area contributed by atoms with Crippen LogP contribution in [0.15, 0.2) is 0 Å². The Balaban J connectivity index is 2.28. The maximum atomic E-state index is 5.86. The predicted octanol–water partition coefficient (Wildman–Crippen LogP) is 4.50. The van der Waals surface area contributed by atoms with Crippen LogP contribution in [-0.4, -0.2) is 5.66 Å². The summed E-state index contributed by atoms with van der Waals surface area (Å²) in [6.45, 7) is -0.691. The predicted molar refractivity (Wildman–Crippen MR) is 50.1 cm³/mol. The van der Waals surface area contributed by atoms with E-state index in [1.54, 1.807) is 0 Å². The van der Waals surface area contributed by atoms with Crippen LogP contribution in [0.4, 0.5) is 0 Å². The third kappa shape index (κ3) is 2.95. The fraction of sp³-hybridized carbons (Fsp3) is 1.00. The standard InChI is InChI=1S/C7H13Cl2P/c8-10(9)7-5-3-1-2-4-6-7/h7H,1-6H2. The topological polar surface area (TPSA) is 0 Å². The molecule has 0 N–H and O–H groups in total. The molecule has 0 atom stereocenters. The minimum atomic E-state index is -0.691. The van der Waals surface area contributed by atoms with E-state index in [1.807, 2.05) is 0 Å². The molecular weight excluding hydrogens is 186 g/mol. The van der Waals surface area contributed by atoms with Gasteiger partial charge in [0.25, 0.3) is 0 Å². The van der Waals surface area contributed by atoms with Gasteiger partial charge in [-0.05, 0) is 12.8 Å². The first-order valence-corrected chi connectivity index (χ1v) is 7.13. The highest BCUT2D eigenvalue weighted by molar-refractivity contribution is 8.04. The average Bonchev–Trinajstić information content (AvgIpc) is 2.12. The van der Waals surface area contributed by atoms with Crippen molar-refractivity contribution in [2.45, 2.75) is 44.2 Å². The molecule has 0 aliphatic heterocycles. The van der Waals surface area contributed by atoms with Crippen molar-refractivity contribution in [1.82, 2.24) is 0 Å². The number of hydrogen-bond acceptors (Lipinski definition) is 0. The Bertz CT molecular complexity index is 87.6. The van der Waals surface area contributed by atoms with Crippen molar-refractivity contribution in [2.24, 2.45) is 0 Å². The normalized spacial score (nSPS) is 23.1. The molecule has 0 unspecified atom stereocenters. The van der Waals surface area contributed by atoms with Gasteiger partial charge in [-0.15, -0.1) is 0 Å². The van der Waals surface area contributed by atoms with Gasteiger partial charge in [0.2, 0.25) is 0 Å². The first-order chi connectivity index (χ1) is 4.80. The minimum Gasteiger partial charge on any atom is -0.0778 e. The van der Waals surface area contributed by atoms with Crippen molar-refractivity contribution in [3.63, 3.8) is 0 Å². The first-order valence-electron chi connectivity index (χ1n) is 3.91. The lowest BCUT2D eigenvalue weighted by atomic mass is 10.2. The van der Waals surface area contributed by atoms with E-state index in [0.717, 1.165) is 0 Å². The molecular formula is C7H13Cl2P. The zero-order valence-corrected chi connectivity index (χ0v) is 8.43. The second-order valence-electron chi connectivity index (χ2n) is 2.90. The Morgan fingerprint density at radius 2 is 1.40 bits per heavy atom. The van der Waals surface area contributed by atoms with Crippen molar-refractivity contribution in [1.29, 1.82) is 0 Å². The molecule has 0 spiro atoms. The molecule has 0 aromatic carbocycles. The highest BCUT2D eigenvalue weighted by Gasteiger charge is 2.18. The highest BCUT2D eigenvalue weighted by atomic mass is 35.9. The fourth-order valence-corrected chi connectivity index (χ4v) is 3.38. The number of hydrogen-bond donors (Lipinski definition) is 0. The summed E-state index contributed by atoms with van der Waals surface area (Å²) in [4.78, 5) is 0. The smallest absolute Gasteiger partial charge is 0.0778 e. The molecule has 1 saturated carbocycles. The molecule has 0 aromatic rings. The Kier molecular flexibility index (Phi) is 4.37. The number of halogens is 2. The monoisotopic (exact) mass is 198 g/mol. The molecule has 1 fully saturated rings. The molecule has 1 aliphatic rings. The summed E-state index contributed by atoms with van der Waals surface area (Å²) >= 11 is 11.7. The summed E-state index contributed by atoms with van der Waals surface area (Å²) in [6.07, 6.45) is 7.96. The maximum Gasteiger partial charge on any atom is 0.0886 e. The largest absolute Gasteiger partial charge is 0.0886 e. The van der Waals surface area contributed by atoms with Gasteiger partial charge in [0, 0.05) is 5.66 Å². The van der Waals surface area contributed by atoms with Crippen LogP contribution in [0.1, 0.15) is 38.5 Å². The molecule has 1 aliphatic carbocycles. The summed E-state index contributed by atoms with van der Waals surface area (Å²) < 4.78 is 0. The molecule has 0 amide bonds. The van der Waals surface area contributed by atoms with E-state index < -0.39 is 6.63 Å². The van der Waals surface area contributed by atoms with Crippen LogP contribution in [0.25, 0.3) is 0 Å². The van der Waals surface area contributed by atoms with E-state index in [1.165, 1.54) is 38.5 Å². The molecule has 3 heteroatoms. The zero-order chi connectivity index (χ0) is 7.40. The van der Waals surface area contributed by atoms with Crippen LogP contribution >= 0.6 is 29.1 Å². The third-order valence-electron chi connectivity index (χ3n) is 2.10. The zero-order valence-electron chi connectivity index (χ0n) is 6.02. The second kappa shape index (κ2) is 4.80. The van der Waals surface area contributed by atoms with Gasteiger partial charge in [-0.3, -0.25) is 0 Å². The summed E-state index contributed by atoms with van der Waals surface area (Å²) in [7, 11) is 0. The molecule has 0 nitrogen and oxygen atoms in total. The summed E-state index contributed by atoms with van der Waals surface area (Å²) in [5, 5.41) is 0. The molecule has 60 valence electrons. The van der Waals surface area contributed by atoms with Gasteiger partial charge in [-0.1, -0.05) is 48.2 Å². The van der Waals surface area contributed by atoms with Crippen molar-refractivity contribution in [2.75, 3.05) is 0 Å². The molecule has 0 saturated heterocycles.